The van der Waals surface area contributed by atoms with Crippen molar-refractivity contribution in [2.75, 3.05) is 18.6 Å². The maximum Gasteiger partial charge on any atom is 0.0357 e. The predicted molar refractivity (Wildman–Crippen MR) is 64.4 cm³/mol. The van der Waals surface area contributed by atoms with Crippen molar-refractivity contribution >= 4 is 10.8 Å². The van der Waals surface area contributed by atoms with E-state index in [1.165, 1.54) is 24.0 Å². The van der Waals surface area contributed by atoms with E-state index < -0.39 is 10.8 Å². The smallest absolute Gasteiger partial charge is 0.0357 e. The fraction of sp³-hybridized carbons (Fsp3) is 0.500. The Morgan fingerprint density at radius 2 is 2.27 bits per heavy atom. The third kappa shape index (κ3) is 2.67. The highest BCUT2D eigenvalue weighted by molar-refractivity contribution is 7.84. The van der Waals surface area contributed by atoms with Gasteiger partial charge in [0.25, 0.3) is 0 Å². The Hall–Kier alpha value is -0.670. The van der Waals surface area contributed by atoms with E-state index in [1.807, 2.05) is 0 Å². The molecule has 1 N–H and O–H groups in total. The second-order valence-electron chi connectivity index (χ2n) is 4.02. The van der Waals surface area contributed by atoms with Crippen LogP contribution in [0.4, 0.5) is 0 Å². The molecule has 2 unspecified atom stereocenters. The lowest BCUT2D eigenvalue weighted by molar-refractivity contribution is 0.549. The largest absolute Gasteiger partial charge is 0.309 e. The molecule has 82 valence electrons. The molecule has 1 aromatic carbocycles. The summed E-state index contributed by atoms with van der Waals surface area (Å²) >= 11 is 0. The Balaban J connectivity index is 1.93. The Kier molecular flexibility index (Phi) is 3.54. The van der Waals surface area contributed by atoms with E-state index in [2.05, 4.69) is 29.6 Å². The van der Waals surface area contributed by atoms with Gasteiger partial charge in [-0.2, -0.15) is 0 Å². The van der Waals surface area contributed by atoms with Gasteiger partial charge in [0, 0.05) is 35.4 Å². The van der Waals surface area contributed by atoms with Crippen LogP contribution >= 0.6 is 0 Å². The normalized spacial score (nSPS) is 21.3. The van der Waals surface area contributed by atoms with Gasteiger partial charge in [-0.1, -0.05) is 24.3 Å². The van der Waals surface area contributed by atoms with Gasteiger partial charge in [0.05, 0.1) is 0 Å². The highest BCUT2D eigenvalue weighted by Gasteiger charge is 2.20. The molecule has 0 fully saturated rings. The molecule has 0 heterocycles. The van der Waals surface area contributed by atoms with Crippen LogP contribution in [0.25, 0.3) is 0 Å². The highest BCUT2D eigenvalue weighted by Crippen LogP contribution is 2.30. The Morgan fingerprint density at radius 1 is 1.47 bits per heavy atom. The van der Waals surface area contributed by atoms with E-state index in [-0.39, 0.29) is 0 Å². The summed E-state index contributed by atoms with van der Waals surface area (Å²) in [4.78, 5) is 0. The molecule has 1 aromatic rings. The summed E-state index contributed by atoms with van der Waals surface area (Å²) in [6.07, 6.45) is 4.10. The molecule has 0 spiro atoms. The Labute approximate surface area is 93.5 Å². The first-order valence-electron chi connectivity index (χ1n) is 5.38. The molecule has 0 saturated carbocycles. The van der Waals surface area contributed by atoms with Gasteiger partial charge in [0.15, 0.2) is 0 Å². The van der Waals surface area contributed by atoms with Crippen molar-refractivity contribution in [2.45, 2.75) is 18.9 Å². The molecule has 0 aromatic heterocycles. The summed E-state index contributed by atoms with van der Waals surface area (Å²) in [5.74, 6) is 0.749. The third-order valence-electron chi connectivity index (χ3n) is 2.91. The zero-order valence-electron chi connectivity index (χ0n) is 9.03. The van der Waals surface area contributed by atoms with E-state index in [0.717, 1.165) is 12.3 Å². The maximum atomic E-state index is 10.9. The first kappa shape index (κ1) is 10.8. The van der Waals surface area contributed by atoms with Gasteiger partial charge in [-0.05, 0) is 24.0 Å². The lowest BCUT2D eigenvalue weighted by atomic mass is 10.1. The molecule has 1 aliphatic rings. The number of rotatable bonds is 4. The van der Waals surface area contributed by atoms with Crippen molar-refractivity contribution in [2.24, 2.45) is 0 Å². The lowest BCUT2D eigenvalue weighted by Gasteiger charge is -2.13. The lowest BCUT2D eigenvalue weighted by Crippen LogP contribution is -2.24. The van der Waals surface area contributed by atoms with Crippen molar-refractivity contribution in [1.82, 2.24) is 5.32 Å². The second-order valence-corrected chi connectivity index (χ2v) is 5.58. The van der Waals surface area contributed by atoms with Crippen LogP contribution in [0.15, 0.2) is 24.3 Å². The number of benzene rings is 1. The quantitative estimate of drug-likeness (QED) is 0.841. The highest BCUT2D eigenvalue weighted by atomic mass is 32.2. The molecule has 2 nitrogen and oxygen atoms in total. The summed E-state index contributed by atoms with van der Waals surface area (Å²) in [5.41, 5.74) is 2.90. The fourth-order valence-corrected chi connectivity index (χ4v) is 2.55. The number of hydrogen-bond donors (Lipinski definition) is 1. The van der Waals surface area contributed by atoms with E-state index >= 15 is 0 Å². The van der Waals surface area contributed by atoms with Crippen LogP contribution < -0.4 is 5.32 Å². The predicted octanol–water partition coefficient (Wildman–Crippen LogP) is 1.64. The number of nitrogens with one attached hydrogen (secondary N) is 1. The Morgan fingerprint density at radius 3 is 3.07 bits per heavy atom. The van der Waals surface area contributed by atoms with Crippen LogP contribution in [0.3, 0.4) is 0 Å². The number of hydrogen-bond acceptors (Lipinski definition) is 2. The zero-order chi connectivity index (χ0) is 10.7. The molecule has 0 radical (unpaired) electrons. The molecule has 2 rings (SSSR count). The van der Waals surface area contributed by atoms with Crippen molar-refractivity contribution in [3.8, 4) is 0 Å². The van der Waals surface area contributed by atoms with Gasteiger partial charge in [-0.15, -0.1) is 0 Å². The summed E-state index contributed by atoms with van der Waals surface area (Å²) in [6.45, 7) is 0.849. The molecule has 3 heteroatoms. The van der Waals surface area contributed by atoms with Gasteiger partial charge < -0.3 is 5.32 Å². The van der Waals surface area contributed by atoms with Crippen LogP contribution in [0.2, 0.25) is 0 Å². The van der Waals surface area contributed by atoms with E-state index in [9.17, 15) is 4.21 Å². The number of aryl methyl sites for hydroxylation is 1. The van der Waals surface area contributed by atoms with Crippen molar-refractivity contribution in [3.63, 3.8) is 0 Å². The third-order valence-corrected chi connectivity index (χ3v) is 3.69. The van der Waals surface area contributed by atoms with Gasteiger partial charge in [-0.25, -0.2) is 0 Å². The second kappa shape index (κ2) is 4.90. The fourth-order valence-electron chi connectivity index (χ4n) is 2.15. The zero-order valence-corrected chi connectivity index (χ0v) is 9.85. The SMILES string of the molecule is CS(=O)CCNC1CCc2ccccc21. The van der Waals surface area contributed by atoms with Crippen LogP contribution in [0.5, 0.6) is 0 Å². The molecular weight excluding hydrogens is 206 g/mol. The molecular formula is C12H17NOS. The molecule has 15 heavy (non-hydrogen) atoms. The molecule has 2 atom stereocenters. The molecule has 0 amide bonds. The van der Waals surface area contributed by atoms with Gasteiger partial charge >= 0.3 is 0 Å². The van der Waals surface area contributed by atoms with Gasteiger partial charge in [0.1, 0.15) is 0 Å². The van der Waals surface area contributed by atoms with Crippen LogP contribution in [-0.2, 0) is 17.2 Å². The Bertz CT molecular complexity index is 364. The van der Waals surface area contributed by atoms with Gasteiger partial charge in [-0.3, -0.25) is 4.21 Å². The monoisotopic (exact) mass is 223 g/mol. The van der Waals surface area contributed by atoms with Crippen molar-refractivity contribution in [3.05, 3.63) is 35.4 Å². The van der Waals surface area contributed by atoms with E-state index in [1.54, 1.807) is 6.26 Å². The molecule has 0 bridgehead atoms. The van der Waals surface area contributed by atoms with E-state index in [4.69, 9.17) is 0 Å². The first-order chi connectivity index (χ1) is 7.27. The minimum atomic E-state index is -0.686. The maximum absolute atomic E-state index is 10.9. The average molecular weight is 223 g/mol. The van der Waals surface area contributed by atoms with Crippen LogP contribution in [0, 0.1) is 0 Å². The summed E-state index contributed by atoms with van der Waals surface area (Å²) < 4.78 is 10.9. The van der Waals surface area contributed by atoms with Gasteiger partial charge in [0.2, 0.25) is 0 Å². The molecule has 0 aliphatic heterocycles. The first-order valence-corrected chi connectivity index (χ1v) is 7.11. The summed E-state index contributed by atoms with van der Waals surface area (Å²) in [7, 11) is -0.686. The average Bonchev–Trinajstić information content (AvgIpc) is 2.62. The molecule has 1 aliphatic carbocycles. The molecule has 0 saturated heterocycles. The minimum absolute atomic E-state index is 0.477. The summed E-state index contributed by atoms with van der Waals surface area (Å²) in [5, 5.41) is 3.48. The van der Waals surface area contributed by atoms with E-state index in [0.29, 0.717) is 6.04 Å². The van der Waals surface area contributed by atoms with Crippen molar-refractivity contribution < 1.29 is 4.21 Å². The number of fused-ring (bicyclic) bond motifs is 1. The standard InChI is InChI=1S/C12H17NOS/c1-15(14)9-8-13-12-7-6-10-4-2-3-5-11(10)12/h2-5,12-13H,6-9H2,1H3. The minimum Gasteiger partial charge on any atom is -0.309 e. The van der Waals surface area contributed by atoms with Crippen LogP contribution in [0.1, 0.15) is 23.6 Å². The van der Waals surface area contributed by atoms with Crippen molar-refractivity contribution in [1.29, 1.82) is 0 Å². The van der Waals surface area contributed by atoms with Crippen LogP contribution in [-0.4, -0.2) is 22.8 Å². The topological polar surface area (TPSA) is 29.1 Å². The summed E-state index contributed by atoms with van der Waals surface area (Å²) in [6, 6.07) is 9.07.